The lowest BCUT2D eigenvalue weighted by Crippen LogP contribution is -2.46. The lowest BCUT2D eigenvalue weighted by Gasteiger charge is -2.21. The Hall–Kier alpha value is -0.810. The van der Waals surface area contributed by atoms with E-state index in [1.54, 1.807) is 0 Å². The van der Waals surface area contributed by atoms with Crippen molar-refractivity contribution in [1.29, 1.82) is 0 Å². The van der Waals surface area contributed by atoms with Gasteiger partial charge in [0.15, 0.2) is 0 Å². The number of amides is 1. The zero-order chi connectivity index (χ0) is 13.7. The molecule has 0 aromatic heterocycles. The Balaban J connectivity index is 0.00000324. The molecule has 1 rings (SSSR count). The zero-order valence-corrected chi connectivity index (χ0v) is 12.7. The first-order valence-corrected chi connectivity index (χ1v) is 6.58. The van der Waals surface area contributed by atoms with E-state index in [9.17, 15) is 9.59 Å². The molecule has 1 aliphatic rings. The van der Waals surface area contributed by atoms with Crippen LogP contribution < -0.4 is 11.1 Å². The van der Waals surface area contributed by atoms with Crippen molar-refractivity contribution in [1.82, 2.24) is 5.32 Å². The first-order chi connectivity index (χ1) is 8.45. The molecule has 112 valence electrons. The summed E-state index contributed by atoms with van der Waals surface area (Å²) in [5.41, 5.74) is 5.93. The Morgan fingerprint density at radius 1 is 1.37 bits per heavy atom. The molecule has 0 bridgehead atoms. The van der Waals surface area contributed by atoms with Gasteiger partial charge in [0.1, 0.15) is 6.04 Å². The number of nitrogens with two attached hydrogens (primary N) is 1. The fraction of sp³-hybridized carbons (Fsp3) is 0.846. The summed E-state index contributed by atoms with van der Waals surface area (Å²) in [5.74, 6) is -0.246. The topological polar surface area (TPSA) is 81.4 Å². The van der Waals surface area contributed by atoms with E-state index in [0.29, 0.717) is 6.42 Å². The number of carbonyl (C=O) groups is 2. The maximum Gasteiger partial charge on any atom is 0.328 e. The first-order valence-electron chi connectivity index (χ1n) is 6.58. The van der Waals surface area contributed by atoms with Crippen molar-refractivity contribution < 1.29 is 14.3 Å². The van der Waals surface area contributed by atoms with Crippen LogP contribution in [0.4, 0.5) is 0 Å². The summed E-state index contributed by atoms with van der Waals surface area (Å²) in [6, 6.07) is -0.452. The van der Waals surface area contributed by atoms with Crippen LogP contribution in [0.5, 0.6) is 0 Å². The summed E-state index contributed by atoms with van der Waals surface area (Å²) in [7, 11) is 1.33. The van der Waals surface area contributed by atoms with Gasteiger partial charge >= 0.3 is 5.97 Å². The maximum atomic E-state index is 11.9. The van der Waals surface area contributed by atoms with E-state index in [1.807, 2.05) is 13.8 Å². The third kappa shape index (κ3) is 5.37. The molecule has 1 amide bonds. The molecular formula is C13H25ClN2O3. The third-order valence-corrected chi connectivity index (χ3v) is 3.60. The molecular weight excluding hydrogens is 268 g/mol. The number of carbonyl (C=O) groups excluding carboxylic acids is 2. The number of ether oxygens (including phenoxy) is 1. The Kier molecular flexibility index (Phi) is 8.02. The molecule has 0 radical (unpaired) electrons. The number of hydrogen-bond acceptors (Lipinski definition) is 4. The second-order valence-corrected chi connectivity index (χ2v) is 5.37. The minimum atomic E-state index is -0.569. The molecule has 3 N–H and O–H groups in total. The second kappa shape index (κ2) is 8.38. The Morgan fingerprint density at radius 2 is 2.00 bits per heavy atom. The molecule has 0 aromatic carbocycles. The average Bonchev–Trinajstić information content (AvgIpc) is 2.70. The summed E-state index contributed by atoms with van der Waals surface area (Å²) in [6.07, 6.45) is 3.48. The normalized spacial score (nSPS) is 23.6. The van der Waals surface area contributed by atoms with Crippen molar-refractivity contribution in [2.45, 2.75) is 51.6 Å². The number of hydrogen-bond donors (Lipinski definition) is 2. The Morgan fingerprint density at radius 3 is 2.42 bits per heavy atom. The van der Waals surface area contributed by atoms with Gasteiger partial charge in [-0.3, -0.25) is 4.79 Å². The van der Waals surface area contributed by atoms with Gasteiger partial charge in [0.25, 0.3) is 0 Å². The Bertz CT molecular complexity index is 310. The average molecular weight is 293 g/mol. The maximum absolute atomic E-state index is 11.9. The summed E-state index contributed by atoms with van der Waals surface area (Å²) in [5, 5.41) is 2.75. The van der Waals surface area contributed by atoms with Crippen molar-refractivity contribution in [3.05, 3.63) is 0 Å². The Labute approximate surface area is 121 Å². The highest BCUT2D eigenvalue weighted by Crippen LogP contribution is 2.26. The van der Waals surface area contributed by atoms with Crippen LogP contribution in [0.15, 0.2) is 0 Å². The molecule has 0 heterocycles. The molecule has 3 atom stereocenters. The van der Waals surface area contributed by atoms with Crippen LogP contribution in [0, 0.1) is 11.8 Å². The minimum absolute atomic E-state index is 0. The van der Waals surface area contributed by atoms with Gasteiger partial charge in [-0.2, -0.15) is 0 Å². The van der Waals surface area contributed by atoms with Gasteiger partial charge in [0.2, 0.25) is 5.91 Å². The number of halogens is 1. The molecule has 1 fully saturated rings. The van der Waals surface area contributed by atoms with Gasteiger partial charge in [-0.1, -0.05) is 20.3 Å². The molecule has 1 aliphatic carbocycles. The van der Waals surface area contributed by atoms with Crippen molar-refractivity contribution in [2.24, 2.45) is 17.6 Å². The molecule has 5 nitrogen and oxygen atoms in total. The van der Waals surface area contributed by atoms with Gasteiger partial charge in [-0.05, 0) is 24.7 Å². The van der Waals surface area contributed by atoms with Crippen molar-refractivity contribution >= 4 is 24.3 Å². The standard InChI is InChI=1S/C13H24N2O3.ClH/c1-8(2)12(13(17)18-3)15-11(16)7-9-5-4-6-10(9)14;/h8-10,12H,4-7,14H2,1-3H3,(H,15,16);1H/t9-,10+,12?;/m0./s1. The van der Waals surface area contributed by atoms with Crippen LogP contribution in [-0.4, -0.2) is 31.1 Å². The largest absolute Gasteiger partial charge is 0.467 e. The zero-order valence-electron chi connectivity index (χ0n) is 11.8. The number of rotatable bonds is 5. The SMILES string of the molecule is COC(=O)C(NC(=O)C[C@@H]1CCC[C@H]1N)C(C)C.Cl. The van der Waals surface area contributed by atoms with E-state index in [4.69, 9.17) is 5.73 Å². The summed E-state index contributed by atoms with van der Waals surface area (Å²) < 4.78 is 4.69. The smallest absolute Gasteiger partial charge is 0.328 e. The van der Waals surface area contributed by atoms with Crippen LogP contribution in [0.3, 0.4) is 0 Å². The van der Waals surface area contributed by atoms with Crippen molar-refractivity contribution in [2.75, 3.05) is 7.11 Å². The fourth-order valence-electron chi connectivity index (χ4n) is 2.41. The molecule has 0 aromatic rings. The van der Waals surface area contributed by atoms with Crippen molar-refractivity contribution in [3.63, 3.8) is 0 Å². The number of methoxy groups -OCH3 is 1. The van der Waals surface area contributed by atoms with E-state index < -0.39 is 12.0 Å². The van der Waals surface area contributed by atoms with Crippen LogP contribution >= 0.6 is 12.4 Å². The van der Waals surface area contributed by atoms with Gasteiger partial charge in [0, 0.05) is 12.5 Å². The van der Waals surface area contributed by atoms with E-state index >= 15 is 0 Å². The lowest BCUT2D eigenvalue weighted by atomic mass is 9.98. The fourth-order valence-corrected chi connectivity index (χ4v) is 2.41. The lowest BCUT2D eigenvalue weighted by molar-refractivity contribution is -0.146. The van der Waals surface area contributed by atoms with E-state index in [0.717, 1.165) is 19.3 Å². The molecule has 6 heteroatoms. The predicted octanol–water partition coefficient (Wildman–Crippen LogP) is 1.24. The summed E-state index contributed by atoms with van der Waals surface area (Å²) >= 11 is 0. The van der Waals surface area contributed by atoms with Crippen LogP contribution in [0.2, 0.25) is 0 Å². The van der Waals surface area contributed by atoms with E-state index in [-0.39, 0.29) is 36.2 Å². The monoisotopic (exact) mass is 292 g/mol. The number of nitrogens with one attached hydrogen (secondary N) is 1. The van der Waals surface area contributed by atoms with E-state index in [1.165, 1.54) is 7.11 Å². The molecule has 19 heavy (non-hydrogen) atoms. The highest BCUT2D eigenvalue weighted by atomic mass is 35.5. The molecule has 0 saturated heterocycles. The predicted molar refractivity (Wildman–Crippen MR) is 76.0 cm³/mol. The molecule has 1 unspecified atom stereocenters. The van der Waals surface area contributed by atoms with Gasteiger partial charge in [-0.15, -0.1) is 12.4 Å². The van der Waals surface area contributed by atoms with Crippen LogP contribution in [0.1, 0.15) is 39.5 Å². The first kappa shape index (κ1) is 18.2. The van der Waals surface area contributed by atoms with Crippen LogP contribution in [0.25, 0.3) is 0 Å². The molecule has 0 aliphatic heterocycles. The highest BCUT2D eigenvalue weighted by molar-refractivity contribution is 5.85. The molecule has 1 saturated carbocycles. The van der Waals surface area contributed by atoms with Crippen LogP contribution in [-0.2, 0) is 14.3 Å². The number of esters is 1. The molecule has 0 spiro atoms. The minimum Gasteiger partial charge on any atom is -0.467 e. The van der Waals surface area contributed by atoms with Gasteiger partial charge < -0.3 is 15.8 Å². The van der Waals surface area contributed by atoms with E-state index in [2.05, 4.69) is 10.1 Å². The summed E-state index contributed by atoms with van der Waals surface area (Å²) in [4.78, 5) is 23.4. The van der Waals surface area contributed by atoms with Gasteiger partial charge in [0.05, 0.1) is 7.11 Å². The van der Waals surface area contributed by atoms with Crippen molar-refractivity contribution in [3.8, 4) is 0 Å². The quantitative estimate of drug-likeness (QED) is 0.747. The second-order valence-electron chi connectivity index (χ2n) is 5.37. The highest BCUT2D eigenvalue weighted by Gasteiger charge is 2.29. The summed E-state index contributed by atoms with van der Waals surface area (Å²) in [6.45, 7) is 3.76. The third-order valence-electron chi connectivity index (χ3n) is 3.60. The van der Waals surface area contributed by atoms with Gasteiger partial charge in [-0.25, -0.2) is 4.79 Å².